The van der Waals surface area contributed by atoms with E-state index in [1.165, 1.54) is 0 Å². The lowest BCUT2D eigenvalue weighted by atomic mass is 10.1. The molecular formula is C60H99O11P. The molecule has 0 bridgehead atoms. The molecule has 12 heteroatoms. The van der Waals surface area contributed by atoms with Gasteiger partial charge < -0.3 is 24.2 Å². The van der Waals surface area contributed by atoms with E-state index in [9.17, 15) is 28.9 Å². The van der Waals surface area contributed by atoms with Crippen LogP contribution in [0.3, 0.4) is 0 Å². The lowest BCUT2D eigenvalue weighted by Gasteiger charge is -2.21. The molecule has 11 nitrogen and oxygen atoms in total. The van der Waals surface area contributed by atoms with Crippen molar-refractivity contribution in [2.45, 2.75) is 226 Å². The van der Waals surface area contributed by atoms with Crippen LogP contribution in [0.15, 0.2) is 109 Å². The Morgan fingerprint density at radius 3 is 1.12 bits per heavy atom. The Hall–Kier alpha value is -3.86. The van der Waals surface area contributed by atoms with Gasteiger partial charge in [-0.25, -0.2) is 4.57 Å². The summed E-state index contributed by atoms with van der Waals surface area (Å²) in [4.78, 5) is 48.4. The molecule has 0 aliphatic heterocycles. The summed E-state index contributed by atoms with van der Waals surface area (Å²) in [5.41, 5.74) is 0. The second-order valence-electron chi connectivity index (χ2n) is 18.0. The second-order valence-corrected chi connectivity index (χ2v) is 19.5. The highest BCUT2D eigenvalue weighted by molar-refractivity contribution is 7.47. The Kier molecular flexibility index (Phi) is 50.6. The van der Waals surface area contributed by atoms with Crippen LogP contribution in [0, 0.1) is 0 Å². The Bertz CT molecular complexity index is 1620. The summed E-state index contributed by atoms with van der Waals surface area (Å²) in [6.45, 7) is 4.31. The lowest BCUT2D eigenvalue weighted by molar-refractivity contribution is -0.161. The highest BCUT2D eigenvalue weighted by Crippen LogP contribution is 2.43. The third kappa shape index (κ3) is 51.1. The number of hydrogen-bond acceptors (Lipinski definition) is 10. The van der Waals surface area contributed by atoms with Crippen LogP contribution in [-0.2, 0) is 42.2 Å². The van der Waals surface area contributed by atoms with Gasteiger partial charge in [0.25, 0.3) is 0 Å². The Labute approximate surface area is 437 Å². The molecule has 0 aromatic rings. The Morgan fingerprint density at radius 1 is 0.403 bits per heavy atom. The summed E-state index contributed by atoms with van der Waals surface area (Å²) in [5.74, 6) is -1.55. The second kappa shape index (κ2) is 53.4. The fourth-order valence-corrected chi connectivity index (χ4v) is 7.71. The van der Waals surface area contributed by atoms with Crippen LogP contribution >= 0.6 is 7.82 Å². The van der Waals surface area contributed by atoms with Gasteiger partial charge in [0, 0.05) is 19.3 Å². The van der Waals surface area contributed by atoms with E-state index in [4.69, 9.17) is 23.3 Å². The van der Waals surface area contributed by atoms with Crippen molar-refractivity contribution in [3.05, 3.63) is 109 Å². The van der Waals surface area contributed by atoms with E-state index in [1.807, 2.05) is 0 Å². The number of phosphoric ester groups is 1. The van der Waals surface area contributed by atoms with Gasteiger partial charge in [-0.1, -0.05) is 188 Å². The van der Waals surface area contributed by atoms with Gasteiger partial charge in [0.2, 0.25) is 0 Å². The number of allylic oxidation sites excluding steroid dienone is 18. The van der Waals surface area contributed by atoms with Gasteiger partial charge >= 0.3 is 25.7 Å². The number of carbonyl (C=O) groups excluding carboxylic acids is 3. The Morgan fingerprint density at radius 2 is 0.722 bits per heavy atom. The average molecular weight is 1030 g/mol. The maximum absolute atomic E-state index is 12.9. The molecule has 0 saturated carbocycles. The molecule has 0 radical (unpaired) electrons. The highest BCUT2D eigenvalue weighted by Gasteiger charge is 2.28. The molecule has 0 aromatic carbocycles. The van der Waals surface area contributed by atoms with Crippen LogP contribution in [-0.4, -0.2) is 66.5 Å². The number of unbranched alkanes of at least 4 members (excludes halogenated alkanes) is 15. The van der Waals surface area contributed by atoms with E-state index in [2.05, 4.69) is 130 Å². The van der Waals surface area contributed by atoms with Crippen molar-refractivity contribution in [2.75, 3.05) is 26.4 Å². The van der Waals surface area contributed by atoms with E-state index in [-0.39, 0.29) is 25.9 Å². The normalized spacial score (nSPS) is 14.2. The standard InChI is InChI=1S/C60H99O11P/c1-4-7-10-13-16-19-22-25-26-27-28-29-30-33-34-37-40-43-46-49-58(62)67-53-57(71-60(64)51-48-45-42-39-36-32-24-21-18-15-12-9-6-3)55-69-72(65,66)68-54-56(52-61)70-59(63)50-47-44-41-38-35-31-23-20-17-14-11-8-5-2/h7,10-12,14-16,19-21,23-26,28-29,33-34,56-57,61H,4-6,8-9,13,17-18,22,27,30-32,35-55H2,1-3H3,(H,65,66)/b10-7-,14-11-,15-12-,19-16-,23-20-,24-21-,26-25-,29-28-,34-33-. The van der Waals surface area contributed by atoms with Crippen molar-refractivity contribution in [2.24, 2.45) is 0 Å². The number of aliphatic hydroxyl groups excluding tert-OH is 1. The van der Waals surface area contributed by atoms with Crippen LogP contribution in [0.2, 0.25) is 0 Å². The van der Waals surface area contributed by atoms with Crippen LogP contribution in [0.5, 0.6) is 0 Å². The summed E-state index contributed by atoms with van der Waals surface area (Å²) in [7, 11) is -4.77. The number of aliphatic hydroxyl groups is 1. The minimum absolute atomic E-state index is 0.137. The van der Waals surface area contributed by atoms with Crippen molar-refractivity contribution < 1.29 is 52.2 Å². The average Bonchev–Trinajstić information content (AvgIpc) is 3.37. The zero-order chi connectivity index (χ0) is 52.7. The molecule has 0 aromatic heterocycles. The van der Waals surface area contributed by atoms with Crippen LogP contribution < -0.4 is 0 Å². The molecule has 0 fully saturated rings. The molecule has 3 unspecified atom stereocenters. The van der Waals surface area contributed by atoms with Crippen LogP contribution in [0.4, 0.5) is 0 Å². The molecule has 0 rings (SSSR count). The van der Waals surface area contributed by atoms with E-state index >= 15 is 0 Å². The first-order chi connectivity index (χ1) is 35.2. The number of phosphoric acid groups is 1. The molecule has 0 aliphatic rings. The van der Waals surface area contributed by atoms with E-state index in [0.29, 0.717) is 19.3 Å². The fourth-order valence-electron chi connectivity index (χ4n) is 6.93. The number of hydrogen-bond donors (Lipinski definition) is 2. The predicted octanol–water partition coefficient (Wildman–Crippen LogP) is 16.2. The van der Waals surface area contributed by atoms with Gasteiger partial charge in [-0.3, -0.25) is 23.4 Å². The Balaban J connectivity index is 4.81. The van der Waals surface area contributed by atoms with Gasteiger partial charge in [-0.05, 0) is 116 Å². The lowest BCUT2D eigenvalue weighted by Crippen LogP contribution is -2.30. The molecule has 0 aliphatic carbocycles. The summed E-state index contributed by atoms with van der Waals surface area (Å²) in [5, 5.41) is 9.79. The summed E-state index contributed by atoms with van der Waals surface area (Å²) in [6.07, 6.45) is 63.4. The SMILES string of the molecule is CC/C=C\C/C=C\C/C=C\C/C=C\C/C=C\CCCCCC(=O)OCC(COP(=O)(O)OCC(CO)OC(=O)CCCCCCC/C=C\C/C=C\CCC)OC(=O)CCCCCCC/C=C\C/C=C\CCC. The first-order valence-corrected chi connectivity index (χ1v) is 29.3. The maximum atomic E-state index is 12.9. The van der Waals surface area contributed by atoms with Crippen molar-refractivity contribution >= 4 is 25.7 Å². The third-order valence-corrected chi connectivity index (χ3v) is 12.1. The topological polar surface area (TPSA) is 155 Å². The van der Waals surface area contributed by atoms with Crippen LogP contribution in [0.25, 0.3) is 0 Å². The number of ether oxygens (including phenoxy) is 3. The third-order valence-electron chi connectivity index (χ3n) is 11.1. The summed E-state index contributed by atoms with van der Waals surface area (Å²) in [6, 6.07) is 0. The monoisotopic (exact) mass is 1030 g/mol. The fraction of sp³-hybridized carbons (Fsp3) is 0.650. The zero-order valence-corrected chi connectivity index (χ0v) is 46.0. The largest absolute Gasteiger partial charge is 0.472 e. The van der Waals surface area contributed by atoms with Gasteiger partial charge in [-0.15, -0.1) is 0 Å². The smallest absolute Gasteiger partial charge is 0.462 e. The molecule has 0 saturated heterocycles. The van der Waals surface area contributed by atoms with Gasteiger partial charge in [0.15, 0.2) is 6.10 Å². The maximum Gasteiger partial charge on any atom is 0.472 e. The van der Waals surface area contributed by atoms with Gasteiger partial charge in [-0.2, -0.15) is 0 Å². The quantitative estimate of drug-likeness (QED) is 0.0197. The summed E-state index contributed by atoms with van der Waals surface area (Å²) >= 11 is 0. The molecular weight excluding hydrogens is 928 g/mol. The van der Waals surface area contributed by atoms with E-state index in [1.54, 1.807) is 0 Å². The predicted molar refractivity (Wildman–Crippen MR) is 297 cm³/mol. The van der Waals surface area contributed by atoms with E-state index in [0.717, 1.165) is 154 Å². The molecule has 0 heterocycles. The van der Waals surface area contributed by atoms with Gasteiger partial charge in [0.05, 0.1) is 19.8 Å². The van der Waals surface area contributed by atoms with E-state index < -0.39 is 57.8 Å². The van der Waals surface area contributed by atoms with Crippen molar-refractivity contribution in [1.82, 2.24) is 0 Å². The first-order valence-electron chi connectivity index (χ1n) is 27.8. The number of carbonyl (C=O) groups is 3. The van der Waals surface area contributed by atoms with Crippen LogP contribution in [0.1, 0.15) is 213 Å². The zero-order valence-electron chi connectivity index (χ0n) is 45.1. The highest BCUT2D eigenvalue weighted by atomic mass is 31.2. The minimum Gasteiger partial charge on any atom is -0.462 e. The number of esters is 3. The molecule has 410 valence electrons. The van der Waals surface area contributed by atoms with Gasteiger partial charge in [0.1, 0.15) is 12.7 Å². The minimum atomic E-state index is -4.77. The summed E-state index contributed by atoms with van der Waals surface area (Å²) < 4.78 is 39.4. The molecule has 0 amide bonds. The molecule has 3 atom stereocenters. The van der Waals surface area contributed by atoms with Crippen molar-refractivity contribution in [3.8, 4) is 0 Å². The van der Waals surface area contributed by atoms with Crippen molar-refractivity contribution in [3.63, 3.8) is 0 Å². The first kappa shape index (κ1) is 68.1. The molecule has 0 spiro atoms. The van der Waals surface area contributed by atoms with Crippen molar-refractivity contribution in [1.29, 1.82) is 0 Å². The molecule has 2 N–H and O–H groups in total. The molecule has 72 heavy (non-hydrogen) atoms. The number of rotatable bonds is 50.